The molecule has 29 heavy (non-hydrogen) atoms. The summed E-state index contributed by atoms with van der Waals surface area (Å²) in [6, 6.07) is 12.1. The first-order valence-electron chi connectivity index (χ1n) is 9.23. The Kier molecular flexibility index (Phi) is 4.30. The van der Waals surface area contributed by atoms with Gasteiger partial charge in [-0.25, -0.2) is 9.67 Å². The lowest BCUT2D eigenvalue weighted by atomic mass is 10.1. The van der Waals surface area contributed by atoms with Crippen molar-refractivity contribution in [1.29, 1.82) is 0 Å². The number of nitrogens with two attached hydrogens (primary N) is 1. The Morgan fingerprint density at radius 3 is 2.76 bits per heavy atom. The van der Waals surface area contributed by atoms with E-state index in [1.165, 1.54) is 5.56 Å². The lowest BCUT2D eigenvalue weighted by molar-refractivity contribution is 0.645. The number of fused-ring (bicyclic) bond motifs is 1. The van der Waals surface area contributed by atoms with Crippen LogP contribution in [0.3, 0.4) is 0 Å². The Morgan fingerprint density at radius 1 is 0.966 bits per heavy atom. The van der Waals surface area contributed by atoms with Gasteiger partial charge in [-0.1, -0.05) is 35.5 Å². The van der Waals surface area contributed by atoms with Crippen LogP contribution >= 0.6 is 0 Å². The summed E-state index contributed by atoms with van der Waals surface area (Å²) in [6.45, 7) is 1.26. The van der Waals surface area contributed by atoms with E-state index in [0.29, 0.717) is 31.1 Å². The van der Waals surface area contributed by atoms with Crippen molar-refractivity contribution in [1.82, 2.24) is 35.3 Å². The first-order valence-corrected chi connectivity index (χ1v) is 9.23. The van der Waals surface area contributed by atoms with Crippen LogP contribution in [0.5, 0.6) is 0 Å². The Bertz CT molecular complexity index is 1130. The molecule has 0 spiro atoms. The van der Waals surface area contributed by atoms with Gasteiger partial charge in [0.1, 0.15) is 11.5 Å². The molecule has 0 amide bonds. The van der Waals surface area contributed by atoms with E-state index < -0.39 is 0 Å². The van der Waals surface area contributed by atoms with Crippen molar-refractivity contribution in [3.05, 3.63) is 77.4 Å². The fraction of sp³-hybridized carbons (Fsp3) is 0.158. The maximum atomic E-state index is 5.91. The number of hydrogen-bond donors (Lipinski definition) is 4. The smallest absolute Gasteiger partial charge is 0.169 e. The topological polar surface area (TPSA) is 124 Å². The molecule has 1 aliphatic heterocycles. The van der Waals surface area contributed by atoms with E-state index in [-0.39, 0.29) is 0 Å². The van der Waals surface area contributed by atoms with Gasteiger partial charge in [-0.15, -0.1) is 10.6 Å². The van der Waals surface area contributed by atoms with Crippen molar-refractivity contribution in [3.8, 4) is 0 Å². The number of nitrogen functional groups attached to an aromatic ring is 1. The van der Waals surface area contributed by atoms with E-state index in [9.17, 15) is 0 Å². The summed E-state index contributed by atoms with van der Waals surface area (Å²) in [7, 11) is 0. The predicted molar refractivity (Wildman–Crippen MR) is 109 cm³/mol. The average molecular weight is 388 g/mol. The Balaban J connectivity index is 1.27. The molecule has 0 aliphatic carbocycles. The van der Waals surface area contributed by atoms with Crippen molar-refractivity contribution in [2.45, 2.75) is 19.5 Å². The number of pyridine rings is 1. The van der Waals surface area contributed by atoms with Crippen molar-refractivity contribution in [2.75, 3.05) is 16.6 Å². The van der Waals surface area contributed by atoms with Crippen molar-refractivity contribution in [3.63, 3.8) is 0 Å². The lowest BCUT2D eigenvalue weighted by Gasteiger charge is -2.06. The summed E-state index contributed by atoms with van der Waals surface area (Å²) in [5, 5.41) is 12.9. The van der Waals surface area contributed by atoms with Gasteiger partial charge in [0.05, 0.1) is 31.2 Å². The van der Waals surface area contributed by atoms with E-state index in [2.05, 4.69) is 48.9 Å². The predicted octanol–water partition coefficient (Wildman–Crippen LogP) is 1.40. The van der Waals surface area contributed by atoms with Crippen molar-refractivity contribution in [2.24, 2.45) is 0 Å². The van der Waals surface area contributed by atoms with Crippen LogP contribution in [0.25, 0.3) is 0 Å². The first kappa shape index (κ1) is 17.2. The Labute approximate surface area is 166 Å². The van der Waals surface area contributed by atoms with Crippen molar-refractivity contribution < 1.29 is 0 Å². The van der Waals surface area contributed by atoms with E-state index in [4.69, 9.17) is 5.73 Å². The zero-order chi connectivity index (χ0) is 19.6. The maximum Gasteiger partial charge on any atom is 0.169 e. The number of aromatic nitrogens is 6. The first-order chi connectivity index (χ1) is 14.2. The van der Waals surface area contributed by atoms with E-state index in [0.717, 1.165) is 22.5 Å². The fourth-order valence-corrected chi connectivity index (χ4v) is 3.37. The van der Waals surface area contributed by atoms with Gasteiger partial charge in [0.15, 0.2) is 5.82 Å². The Morgan fingerprint density at radius 2 is 1.86 bits per heavy atom. The molecule has 0 unspecified atom stereocenters. The fourth-order valence-electron chi connectivity index (χ4n) is 3.37. The van der Waals surface area contributed by atoms with Crippen molar-refractivity contribution >= 4 is 17.3 Å². The molecule has 146 valence electrons. The largest absolute Gasteiger partial charge is 0.384 e. The van der Waals surface area contributed by atoms with E-state index >= 15 is 0 Å². The molecule has 4 heterocycles. The zero-order valence-electron chi connectivity index (χ0n) is 15.6. The molecular weight excluding hydrogens is 368 g/mol. The molecule has 1 aliphatic rings. The van der Waals surface area contributed by atoms with E-state index in [1.54, 1.807) is 0 Å². The number of nitrogens with one attached hydrogen (secondary N) is 3. The third-order valence-electron chi connectivity index (χ3n) is 4.67. The summed E-state index contributed by atoms with van der Waals surface area (Å²) < 4.78 is 3.70. The quantitative estimate of drug-likeness (QED) is 0.391. The summed E-state index contributed by atoms with van der Waals surface area (Å²) in [4.78, 5) is 4.25. The molecule has 0 saturated heterocycles. The third-order valence-corrected chi connectivity index (χ3v) is 4.67. The van der Waals surface area contributed by atoms with Crippen LogP contribution in [0.4, 0.5) is 17.3 Å². The molecule has 1 aromatic carbocycles. The summed E-state index contributed by atoms with van der Waals surface area (Å²) in [5.41, 5.74) is 19.8. The number of benzene rings is 1. The molecule has 0 atom stereocenters. The van der Waals surface area contributed by atoms with Gasteiger partial charge in [-0.2, -0.15) is 5.10 Å². The molecule has 0 bridgehead atoms. The van der Waals surface area contributed by atoms with Gasteiger partial charge in [-0.3, -0.25) is 10.1 Å². The standard InChI is InChI=1S/C19H20N10/c20-17-7-15(18-19(22-17)25-26-24-18)6-14-8-21-28(10-14)11-16-12-29(27-23-16)9-13-4-2-1-3-5-13/h1-5,7-8,10,12,24,26H,6,9,11H2,(H3,20,22,25). The number of hydrazine groups is 2. The van der Waals surface area contributed by atoms with Gasteiger partial charge >= 0.3 is 0 Å². The third kappa shape index (κ3) is 3.73. The molecule has 4 aromatic rings. The normalized spacial score (nSPS) is 12.4. The average Bonchev–Trinajstić information content (AvgIpc) is 3.45. The van der Waals surface area contributed by atoms with Crippen LogP contribution < -0.4 is 22.1 Å². The highest BCUT2D eigenvalue weighted by Gasteiger charge is 2.17. The minimum atomic E-state index is 0.471. The van der Waals surface area contributed by atoms with Crippen LogP contribution in [0.1, 0.15) is 22.4 Å². The van der Waals surface area contributed by atoms with Gasteiger partial charge in [-0.05, 0) is 22.8 Å². The molecule has 10 heteroatoms. The minimum Gasteiger partial charge on any atom is -0.384 e. The molecule has 5 rings (SSSR count). The highest BCUT2D eigenvalue weighted by atomic mass is 15.6. The highest BCUT2D eigenvalue weighted by molar-refractivity contribution is 5.74. The molecule has 3 aromatic heterocycles. The number of anilines is 3. The maximum absolute atomic E-state index is 5.91. The minimum absolute atomic E-state index is 0.471. The molecule has 0 fully saturated rings. The second-order valence-corrected chi connectivity index (χ2v) is 6.92. The number of nitrogens with zero attached hydrogens (tertiary/aromatic N) is 6. The lowest BCUT2D eigenvalue weighted by Crippen LogP contribution is -2.19. The van der Waals surface area contributed by atoms with Gasteiger partial charge < -0.3 is 11.2 Å². The summed E-state index contributed by atoms with van der Waals surface area (Å²) >= 11 is 0. The zero-order valence-corrected chi connectivity index (χ0v) is 15.6. The van der Waals surface area contributed by atoms with Crippen LogP contribution in [0, 0.1) is 0 Å². The van der Waals surface area contributed by atoms with Crippen LogP contribution in [0.2, 0.25) is 0 Å². The monoisotopic (exact) mass is 388 g/mol. The van der Waals surface area contributed by atoms with Gasteiger partial charge in [0.25, 0.3) is 0 Å². The molecular formula is C19H20N10. The Hall–Kier alpha value is -3.92. The molecule has 0 radical (unpaired) electrons. The van der Waals surface area contributed by atoms with Gasteiger partial charge in [0.2, 0.25) is 0 Å². The number of hydrogen-bond acceptors (Lipinski definition) is 8. The van der Waals surface area contributed by atoms with Crippen LogP contribution in [-0.2, 0) is 19.5 Å². The summed E-state index contributed by atoms with van der Waals surface area (Å²) in [6.07, 6.45) is 6.50. The number of rotatable bonds is 6. The summed E-state index contributed by atoms with van der Waals surface area (Å²) in [5.74, 6) is 1.17. The molecule has 5 N–H and O–H groups in total. The van der Waals surface area contributed by atoms with Crippen LogP contribution in [0.15, 0.2) is 55.0 Å². The molecule has 10 nitrogen and oxygen atoms in total. The molecule has 0 saturated carbocycles. The SMILES string of the molecule is Nc1cc(Cc2cnn(Cc3cn(Cc4ccccc4)nn3)c2)c2c(n1)NNN2. The van der Waals surface area contributed by atoms with Gasteiger partial charge in [0, 0.05) is 12.6 Å². The highest BCUT2D eigenvalue weighted by Crippen LogP contribution is 2.29. The van der Waals surface area contributed by atoms with E-state index in [1.807, 2.05) is 52.2 Å². The second kappa shape index (κ2) is 7.24. The second-order valence-electron chi connectivity index (χ2n) is 6.92. The van der Waals surface area contributed by atoms with Crippen LogP contribution in [-0.4, -0.2) is 29.8 Å².